The molecule has 0 radical (unpaired) electrons. The van der Waals surface area contributed by atoms with E-state index < -0.39 is 60.3 Å². The fraction of sp³-hybridized carbons (Fsp3) is 0.800. The molecule has 0 saturated carbocycles. The van der Waals surface area contributed by atoms with Crippen LogP contribution in [0, 0.1) is 5.41 Å². The lowest BCUT2D eigenvalue weighted by Gasteiger charge is -2.43. The van der Waals surface area contributed by atoms with Gasteiger partial charge in [-0.2, -0.15) is 65.9 Å². The fourth-order valence-corrected chi connectivity index (χ4v) is 1.75. The van der Waals surface area contributed by atoms with Crippen molar-refractivity contribution in [2.45, 2.75) is 43.5 Å². The van der Waals surface area contributed by atoms with Crippen molar-refractivity contribution in [2.75, 3.05) is 0 Å². The summed E-state index contributed by atoms with van der Waals surface area (Å²) < 4.78 is 215. The fourth-order valence-electron chi connectivity index (χ4n) is 1.75. The van der Waals surface area contributed by atoms with Gasteiger partial charge in [-0.25, -0.2) is 8.78 Å². The van der Waals surface area contributed by atoms with Crippen molar-refractivity contribution >= 4 is 0 Å². The third kappa shape index (κ3) is 3.90. The molecule has 0 bridgehead atoms. The van der Waals surface area contributed by atoms with Crippen molar-refractivity contribution < 1.29 is 74.6 Å². The second kappa shape index (κ2) is 6.28. The van der Waals surface area contributed by atoms with Crippen LogP contribution in [0.15, 0.2) is 11.4 Å². The van der Waals surface area contributed by atoms with Crippen molar-refractivity contribution in [2.24, 2.45) is 5.41 Å². The van der Waals surface area contributed by atoms with Gasteiger partial charge < -0.3 is 0 Å². The third-order valence-corrected chi connectivity index (χ3v) is 3.23. The maximum Gasteiger partial charge on any atom is 0.443 e. The Morgan fingerprint density at radius 3 is 0.889 bits per heavy atom. The highest BCUT2D eigenvalue weighted by atomic mass is 19.4. The van der Waals surface area contributed by atoms with Gasteiger partial charge >= 0.3 is 36.6 Å². The maximum atomic E-state index is 13.8. The highest BCUT2D eigenvalue weighted by Crippen LogP contribution is 2.65. The molecule has 0 aliphatic rings. The molecule has 0 aromatic rings. The van der Waals surface area contributed by atoms with E-state index in [9.17, 15) is 74.6 Å². The van der Waals surface area contributed by atoms with Crippen LogP contribution in [0.25, 0.3) is 0 Å². The molecular formula is C10H3F17. The van der Waals surface area contributed by atoms with E-state index in [4.69, 9.17) is 0 Å². The Morgan fingerprint density at radius 2 is 0.741 bits per heavy atom. The molecular weight excluding hydrogens is 443 g/mol. The van der Waals surface area contributed by atoms with Crippen molar-refractivity contribution in [1.82, 2.24) is 0 Å². The second-order valence-electron chi connectivity index (χ2n) is 4.96. The highest BCUT2D eigenvalue weighted by molar-refractivity contribution is 5.37. The molecule has 0 aliphatic heterocycles. The number of allylic oxidation sites excluding steroid dienone is 2. The molecule has 0 saturated heterocycles. The van der Waals surface area contributed by atoms with Crippen molar-refractivity contribution in [3.63, 3.8) is 0 Å². The summed E-state index contributed by atoms with van der Waals surface area (Å²) in [6.45, 7) is -1.68. The number of rotatable bonds is 2. The molecule has 0 N–H and O–H groups in total. The first-order valence-electron chi connectivity index (χ1n) is 5.71. The largest absolute Gasteiger partial charge is 0.443 e. The Labute approximate surface area is 136 Å². The summed E-state index contributed by atoms with van der Waals surface area (Å²) in [5, 5.41) is 0. The molecule has 0 spiro atoms. The van der Waals surface area contributed by atoms with Gasteiger partial charge in [-0.15, -0.1) is 0 Å². The van der Waals surface area contributed by atoms with Crippen LogP contribution in [0.4, 0.5) is 74.6 Å². The van der Waals surface area contributed by atoms with Gasteiger partial charge in [0.15, 0.2) is 5.41 Å². The van der Waals surface area contributed by atoms with E-state index in [1.54, 1.807) is 0 Å². The number of hydrogen-bond donors (Lipinski definition) is 0. The lowest BCUT2D eigenvalue weighted by atomic mass is 9.71. The lowest BCUT2D eigenvalue weighted by Crippen LogP contribution is -2.63. The van der Waals surface area contributed by atoms with Crippen LogP contribution in [0.3, 0.4) is 0 Å². The zero-order chi connectivity index (χ0) is 22.7. The summed E-state index contributed by atoms with van der Waals surface area (Å²) in [5.74, 6) is -5.18. The van der Waals surface area contributed by atoms with Crippen LogP contribution in [-0.4, -0.2) is 36.6 Å². The van der Waals surface area contributed by atoms with Gasteiger partial charge in [0.2, 0.25) is 5.83 Å². The molecule has 0 atom stereocenters. The van der Waals surface area contributed by atoms with Crippen molar-refractivity contribution in [3.8, 4) is 0 Å². The summed E-state index contributed by atoms with van der Waals surface area (Å²) >= 11 is 0. The van der Waals surface area contributed by atoms with Gasteiger partial charge in [-0.3, -0.25) is 0 Å². The molecule has 27 heavy (non-hydrogen) atoms. The number of alkyl halides is 16. The minimum atomic E-state index is -7.99. The molecule has 0 aromatic heterocycles. The monoisotopic (exact) mass is 446 g/mol. The number of halogens is 17. The normalized spacial score (nSPS) is 17.1. The van der Waals surface area contributed by atoms with E-state index in [1.807, 2.05) is 0 Å². The maximum absolute atomic E-state index is 13.8. The first-order chi connectivity index (χ1) is 11.3. The zero-order valence-electron chi connectivity index (χ0n) is 11.9. The Balaban J connectivity index is 7.82. The van der Waals surface area contributed by atoms with Gasteiger partial charge in [0.05, 0.1) is 5.57 Å². The highest BCUT2D eigenvalue weighted by Gasteiger charge is 2.85. The van der Waals surface area contributed by atoms with Crippen LogP contribution in [0.1, 0.15) is 6.92 Å². The molecule has 0 amide bonds. The summed E-state index contributed by atoms with van der Waals surface area (Å²) in [6.07, 6.45) is -38.0. The summed E-state index contributed by atoms with van der Waals surface area (Å²) in [5.41, 5.74) is -20.1. The van der Waals surface area contributed by atoms with E-state index in [0.29, 0.717) is 0 Å². The first-order valence-corrected chi connectivity index (χ1v) is 5.71. The van der Waals surface area contributed by atoms with Gasteiger partial charge in [0.25, 0.3) is 0 Å². The Bertz CT molecular complexity index is 505. The van der Waals surface area contributed by atoms with Gasteiger partial charge in [-0.05, 0) is 6.92 Å². The van der Waals surface area contributed by atoms with Crippen LogP contribution < -0.4 is 0 Å². The minimum absolute atomic E-state index is 1.68. The van der Waals surface area contributed by atoms with E-state index in [-0.39, 0.29) is 0 Å². The molecule has 0 aliphatic carbocycles. The summed E-state index contributed by atoms with van der Waals surface area (Å²) in [7, 11) is 0. The Morgan fingerprint density at radius 1 is 0.481 bits per heavy atom. The zero-order valence-corrected chi connectivity index (χ0v) is 11.9. The molecule has 0 aromatic carbocycles. The first kappa shape index (κ1) is 25.6. The van der Waals surface area contributed by atoms with E-state index in [1.165, 1.54) is 0 Å². The quantitative estimate of drug-likeness (QED) is 0.413. The molecule has 0 fully saturated rings. The standard InChI is InChI=1S/C10H3F17/c1-4(7(16,17)18,8(19,20)21)2(3(11)6(13,14)15)5(12,9(22,23)24)10(25,26)27/h1H3. The van der Waals surface area contributed by atoms with Gasteiger partial charge in [-0.1, -0.05) is 0 Å². The molecule has 0 rings (SSSR count). The number of hydrogen-bond acceptors (Lipinski definition) is 0. The van der Waals surface area contributed by atoms with Crippen LogP contribution in [0.5, 0.6) is 0 Å². The average molecular weight is 446 g/mol. The van der Waals surface area contributed by atoms with Crippen LogP contribution >= 0.6 is 0 Å². The molecule has 162 valence electrons. The summed E-state index contributed by atoms with van der Waals surface area (Å²) in [4.78, 5) is 0. The summed E-state index contributed by atoms with van der Waals surface area (Å²) in [6, 6.07) is 0. The Hall–Kier alpha value is -1.45. The molecule has 0 heterocycles. The van der Waals surface area contributed by atoms with Gasteiger partial charge in [0.1, 0.15) is 0 Å². The average Bonchev–Trinajstić information content (AvgIpc) is 2.31. The lowest BCUT2D eigenvalue weighted by molar-refractivity contribution is -0.362. The smallest absolute Gasteiger partial charge is 0.218 e. The topological polar surface area (TPSA) is 0 Å². The predicted molar refractivity (Wildman–Crippen MR) is 50.4 cm³/mol. The van der Waals surface area contributed by atoms with Gasteiger partial charge in [0, 0.05) is 0 Å². The van der Waals surface area contributed by atoms with E-state index in [2.05, 4.69) is 0 Å². The molecule has 0 unspecified atom stereocenters. The third-order valence-electron chi connectivity index (χ3n) is 3.23. The molecule has 0 nitrogen and oxygen atoms in total. The molecule has 17 heteroatoms. The van der Waals surface area contributed by atoms with E-state index >= 15 is 0 Å². The van der Waals surface area contributed by atoms with E-state index in [0.717, 1.165) is 0 Å². The Kier molecular flexibility index (Phi) is 5.95. The van der Waals surface area contributed by atoms with Crippen LogP contribution in [-0.2, 0) is 0 Å². The minimum Gasteiger partial charge on any atom is -0.218 e. The van der Waals surface area contributed by atoms with Crippen molar-refractivity contribution in [3.05, 3.63) is 11.4 Å². The predicted octanol–water partition coefficient (Wildman–Crippen LogP) is 6.74. The second-order valence-corrected chi connectivity index (χ2v) is 4.96. The van der Waals surface area contributed by atoms with Crippen LogP contribution in [0.2, 0.25) is 0 Å². The SMILES string of the molecule is CC(C(=C(F)C(F)(F)F)C(F)(C(F)(F)F)C(F)(F)F)(C(F)(F)F)C(F)(F)F. The van der Waals surface area contributed by atoms with Crippen molar-refractivity contribution in [1.29, 1.82) is 0 Å².